The summed E-state index contributed by atoms with van der Waals surface area (Å²) in [5, 5.41) is 7.04. The molecule has 0 radical (unpaired) electrons. The van der Waals surface area contributed by atoms with Gasteiger partial charge in [-0.2, -0.15) is 0 Å². The van der Waals surface area contributed by atoms with E-state index >= 15 is 0 Å². The fourth-order valence-corrected chi connectivity index (χ4v) is 3.20. The highest BCUT2D eigenvalue weighted by atomic mass is 127. The summed E-state index contributed by atoms with van der Waals surface area (Å²) in [5.41, 5.74) is 1.50. The standard InChI is InChI=1S/C18H34N4O.HI/c1-3-4-11-22-12-6-17(7-13-22)21-18(19-2)20-10-5-16-8-14-23-15-9-16;/h8,17H,3-7,9-15H2,1-2H3,(H2,19,20,21);1H. The Balaban J connectivity index is 0.00000288. The van der Waals surface area contributed by atoms with Crippen molar-refractivity contribution in [2.75, 3.05) is 46.4 Å². The van der Waals surface area contributed by atoms with Gasteiger partial charge in [0.05, 0.1) is 13.2 Å². The molecule has 0 unspecified atom stereocenters. The van der Waals surface area contributed by atoms with Crippen molar-refractivity contribution in [3.05, 3.63) is 11.6 Å². The van der Waals surface area contributed by atoms with Gasteiger partial charge in [-0.05, 0) is 38.6 Å². The fourth-order valence-electron chi connectivity index (χ4n) is 3.20. The lowest BCUT2D eigenvalue weighted by molar-refractivity contribution is 0.153. The Bertz CT molecular complexity index is 392. The van der Waals surface area contributed by atoms with Crippen LogP contribution in [0.2, 0.25) is 0 Å². The molecular formula is C18H35IN4O. The average Bonchev–Trinajstić information content (AvgIpc) is 2.61. The molecule has 24 heavy (non-hydrogen) atoms. The van der Waals surface area contributed by atoms with E-state index in [0.29, 0.717) is 6.04 Å². The number of halogens is 1. The fraction of sp³-hybridized carbons (Fsp3) is 0.833. The van der Waals surface area contributed by atoms with Crippen LogP contribution in [0.25, 0.3) is 0 Å². The lowest BCUT2D eigenvalue weighted by Gasteiger charge is -2.33. The summed E-state index contributed by atoms with van der Waals surface area (Å²) < 4.78 is 5.35. The maximum Gasteiger partial charge on any atom is 0.191 e. The zero-order valence-electron chi connectivity index (χ0n) is 15.4. The van der Waals surface area contributed by atoms with Gasteiger partial charge in [-0.25, -0.2) is 0 Å². The molecule has 0 aromatic heterocycles. The van der Waals surface area contributed by atoms with Crippen molar-refractivity contribution < 1.29 is 4.74 Å². The Morgan fingerprint density at radius 2 is 2.17 bits per heavy atom. The number of unbranched alkanes of at least 4 members (excludes halogenated alkanes) is 1. The first-order valence-electron chi connectivity index (χ1n) is 9.27. The number of rotatable bonds is 7. The zero-order chi connectivity index (χ0) is 16.3. The lowest BCUT2D eigenvalue weighted by atomic mass is 10.0. The topological polar surface area (TPSA) is 48.9 Å². The quantitative estimate of drug-likeness (QED) is 0.271. The largest absolute Gasteiger partial charge is 0.377 e. The second-order valence-corrected chi connectivity index (χ2v) is 6.55. The average molecular weight is 450 g/mol. The number of hydrogen-bond donors (Lipinski definition) is 2. The minimum absolute atomic E-state index is 0. The molecule has 2 rings (SSSR count). The number of nitrogens with one attached hydrogen (secondary N) is 2. The first-order chi connectivity index (χ1) is 11.3. The molecule has 0 aromatic carbocycles. The first-order valence-corrected chi connectivity index (χ1v) is 9.27. The summed E-state index contributed by atoms with van der Waals surface area (Å²) in [7, 11) is 1.86. The van der Waals surface area contributed by atoms with Gasteiger partial charge in [0.1, 0.15) is 0 Å². The Labute approximate surface area is 164 Å². The van der Waals surface area contributed by atoms with E-state index in [2.05, 4.69) is 33.5 Å². The molecule has 140 valence electrons. The molecule has 1 fully saturated rings. The van der Waals surface area contributed by atoms with E-state index < -0.39 is 0 Å². The molecule has 0 aromatic rings. The number of nitrogens with zero attached hydrogens (tertiary/aromatic N) is 2. The summed E-state index contributed by atoms with van der Waals surface area (Å²) in [6.07, 6.45) is 9.41. The lowest BCUT2D eigenvalue weighted by Crippen LogP contribution is -2.49. The van der Waals surface area contributed by atoms with E-state index in [1.807, 2.05) is 7.05 Å². The molecule has 2 heterocycles. The SMILES string of the molecule is CCCCN1CCC(NC(=NC)NCCC2=CCOCC2)CC1.I. The number of ether oxygens (including phenoxy) is 1. The van der Waals surface area contributed by atoms with Gasteiger partial charge < -0.3 is 20.3 Å². The van der Waals surface area contributed by atoms with Gasteiger partial charge in [0.2, 0.25) is 0 Å². The predicted octanol–water partition coefficient (Wildman–Crippen LogP) is 2.77. The number of aliphatic imine (C=N–C) groups is 1. The molecular weight excluding hydrogens is 415 g/mol. The first kappa shape index (κ1) is 21.7. The van der Waals surface area contributed by atoms with Crippen LogP contribution in [-0.4, -0.2) is 63.3 Å². The predicted molar refractivity (Wildman–Crippen MR) is 112 cm³/mol. The van der Waals surface area contributed by atoms with E-state index in [9.17, 15) is 0 Å². The van der Waals surface area contributed by atoms with Crippen LogP contribution < -0.4 is 10.6 Å². The van der Waals surface area contributed by atoms with Gasteiger partial charge in [-0.15, -0.1) is 24.0 Å². The molecule has 2 aliphatic rings. The third-order valence-electron chi connectivity index (χ3n) is 4.78. The van der Waals surface area contributed by atoms with Crippen LogP contribution in [0.1, 0.15) is 45.4 Å². The van der Waals surface area contributed by atoms with Crippen LogP contribution in [0.15, 0.2) is 16.6 Å². The maximum atomic E-state index is 5.35. The minimum atomic E-state index is 0. The van der Waals surface area contributed by atoms with Crippen molar-refractivity contribution in [3.8, 4) is 0 Å². The van der Waals surface area contributed by atoms with Crippen LogP contribution in [0, 0.1) is 0 Å². The molecule has 0 aliphatic carbocycles. The van der Waals surface area contributed by atoms with Gasteiger partial charge >= 0.3 is 0 Å². The Hall–Kier alpha value is -0.340. The molecule has 0 saturated carbocycles. The molecule has 2 aliphatic heterocycles. The van der Waals surface area contributed by atoms with Crippen LogP contribution in [0.3, 0.4) is 0 Å². The summed E-state index contributed by atoms with van der Waals surface area (Å²) in [6.45, 7) is 8.54. The van der Waals surface area contributed by atoms with Gasteiger partial charge in [-0.3, -0.25) is 4.99 Å². The van der Waals surface area contributed by atoms with Gasteiger partial charge in [0.25, 0.3) is 0 Å². The smallest absolute Gasteiger partial charge is 0.191 e. The van der Waals surface area contributed by atoms with E-state index in [1.165, 1.54) is 50.9 Å². The Morgan fingerprint density at radius 1 is 1.38 bits per heavy atom. The summed E-state index contributed by atoms with van der Waals surface area (Å²) in [5.74, 6) is 0.949. The third-order valence-corrected chi connectivity index (χ3v) is 4.78. The number of likely N-dealkylation sites (tertiary alicyclic amines) is 1. The highest BCUT2D eigenvalue weighted by molar-refractivity contribution is 14.0. The second-order valence-electron chi connectivity index (χ2n) is 6.55. The maximum absolute atomic E-state index is 5.35. The van der Waals surface area contributed by atoms with Gasteiger partial charge in [0.15, 0.2) is 5.96 Å². The van der Waals surface area contributed by atoms with Crippen LogP contribution in [0.4, 0.5) is 0 Å². The molecule has 2 N–H and O–H groups in total. The second kappa shape index (κ2) is 12.9. The Kier molecular flexibility index (Phi) is 11.7. The van der Waals surface area contributed by atoms with Crippen molar-refractivity contribution in [1.29, 1.82) is 0 Å². The highest BCUT2D eigenvalue weighted by Gasteiger charge is 2.19. The normalized spacial score (nSPS) is 20.2. The van der Waals surface area contributed by atoms with Crippen molar-refractivity contribution in [3.63, 3.8) is 0 Å². The number of guanidine groups is 1. The molecule has 6 heteroatoms. The van der Waals surface area contributed by atoms with Gasteiger partial charge in [0, 0.05) is 32.7 Å². The summed E-state index contributed by atoms with van der Waals surface area (Å²) in [4.78, 5) is 6.96. The zero-order valence-corrected chi connectivity index (χ0v) is 17.7. The van der Waals surface area contributed by atoms with E-state index in [-0.39, 0.29) is 24.0 Å². The summed E-state index contributed by atoms with van der Waals surface area (Å²) >= 11 is 0. The van der Waals surface area contributed by atoms with Crippen molar-refractivity contribution in [2.45, 2.75) is 51.5 Å². The molecule has 0 spiro atoms. The minimum Gasteiger partial charge on any atom is -0.377 e. The Morgan fingerprint density at radius 3 is 2.79 bits per heavy atom. The van der Waals surface area contributed by atoms with E-state index in [0.717, 1.165) is 38.6 Å². The van der Waals surface area contributed by atoms with Crippen LogP contribution in [-0.2, 0) is 4.74 Å². The summed E-state index contributed by atoms with van der Waals surface area (Å²) in [6, 6.07) is 0.557. The number of hydrogen-bond acceptors (Lipinski definition) is 3. The molecule has 1 saturated heterocycles. The van der Waals surface area contributed by atoms with Crippen molar-refractivity contribution >= 4 is 29.9 Å². The monoisotopic (exact) mass is 450 g/mol. The molecule has 0 bridgehead atoms. The van der Waals surface area contributed by atoms with E-state index in [4.69, 9.17) is 4.74 Å². The molecule has 0 atom stereocenters. The van der Waals surface area contributed by atoms with Crippen LogP contribution in [0.5, 0.6) is 0 Å². The highest BCUT2D eigenvalue weighted by Crippen LogP contribution is 2.12. The third kappa shape index (κ3) is 8.16. The molecule has 5 nitrogen and oxygen atoms in total. The van der Waals surface area contributed by atoms with Crippen molar-refractivity contribution in [2.24, 2.45) is 4.99 Å². The van der Waals surface area contributed by atoms with Crippen LogP contribution >= 0.6 is 24.0 Å². The van der Waals surface area contributed by atoms with Gasteiger partial charge in [-0.1, -0.05) is 25.0 Å². The molecule has 0 amide bonds. The van der Waals surface area contributed by atoms with Crippen molar-refractivity contribution in [1.82, 2.24) is 15.5 Å². The number of piperidine rings is 1. The van der Waals surface area contributed by atoms with E-state index in [1.54, 1.807) is 0 Å².